The van der Waals surface area contributed by atoms with Crippen LogP contribution in [-0.4, -0.2) is 11.9 Å². The summed E-state index contributed by atoms with van der Waals surface area (Å²) in [6, 6.07) is 7.76. The Bertz CT molecular complexity index is 265. The van der Waals surface area contributed by atoms with E-state index < -0.39 is 0 Å². The van der Waals surface area contributed by atoms with E-state index in [1.54, 1.807) is 0 Å². The van der Waals surface area contributed by atoms with Crippen LogP contribution >= 0.6 is 27.5 Å². The summed E-state index contributed by atoms with van der Waals surface area (Å²) in [5.74, 6) is 0. The van der Waals surface area contributed by atoms with Gasteiger partial charge in [-0.15, -0.1) is 0 Å². The van der Waals surface area contributed by atoms with Gasteiger partial charge in [0.15, 0.2) is 0 Å². The molecule has 0 bridgehead atoms. The highest BCUT2D eigenvalue weighted by Gasteiger charge is 2.09. The Kier molecular flexibility index (Phi) is 4.78. The molecule has 1 aromatic carbocycles. The normalized spacial score (nSPS) is 12.8. The number of benzene rings is 1. The fourth-order valence-electron chi connectivity index (χ4n) is 1.14. The van der Waals surface area contributed by atoms with Crippen LogP contribution in [-0.2, 0) is 4.74 Å². The summed E-state index contributed by atoms with van der Waals surface area (Å²) in [4.78, 5) is 0. The zero-order chi connectivity index (χ0) is 9.68. The lowest BCUT2D eigenvalue weighted by molar-refractivity contribution is 0.0807. The highest BCUT2D eigenvalue weighted by atomic mass is 79.9. The molecule has 0 N–H and O–H groups in total. The van der Waals surface area contributed by atoms with Gasteiger partial charge < -0.3 is 4.74 Å². The van der Waals surface area contributed by atoms with Crippen molar-refractivity contribution in [1.82, 2.24) is 0 Å². The number of halogens is 2. The molecule has 3 heteroatoms. The summed E-state index contributed by atoms with van der Waals surface area (Å²) >= 11 is 9.29. The van der Waals surface area contributed by atoms with Crippen LogP contribution in [0.5, 0.6) is 0 Å². The van der Waals surface area contributed by atoms with Crippen molar-refractivity contribution in [2.24, 2.45) is 0 Å². The van der Waals surface area contributed by atoms with Crippen molar-refractivity contribution in [3.05, 3.63) is 34.9 Å². The Morgan fingerprint density at radius 3 is 2.85 bits per heavy atom. The van der Waals surface area contributed by atoms with E-state index in [9.17, 15) is 0 Å². The molecular formula is C10H12BrClO. The molecule has 1 atom stereocenters. The van der Waals surface area contributed by atoms with Gasteiger partial charge in [0.2, 0.25) is 0 Å². The maximum Gasteiger partial charge on any atom is 0.0921 e. The molecule has 0 fully saturated rings. The van der Waals surface area contributed by atoms with Gasteiger partial charge >= 0.3 is 0 Å². The summed E-state index contributed by atoms with van der Waals surface area (Å²) in [7, 11) is 0. The molecule has 1 unspecified atom stereocenters. The molecule has 0 saturated heterocycles. The summed E-state index contributed by atoms with van der Waals surface area (Å²) in [6.45, 7) is 2.70. The second kappa shape index (κ2) is 5.63. The lowest BCUT2D eigenvalue weighted by Gasteiger charge is -2.14. The molecule has 0 aliphatic carbocycles. The molecule has 0 aliphatic rings. The molecular weight excluding hydrogens is 251 g/mol. The van der Waals surface area contributed by atoms with Crippen LogP contribution in [0, 0.1) is 0 Å². The largest absolute Gasteiger partial charge is 0.373 e. The Morgan fingerprint density at radius 1 is 1.54 bits per heavy atom. The van der Waals surface area contributed by atoms with Crippen LogP contribution in [0.15, 0.2) is 24.3 Å². The molecule has 1 rings (SSSR count). The van der Waals surface area contributed by atoms with Crippen molar-refractivity contribution >= 4 is 27.5 Å². The SMILES string of the molecule is CCOC(CBr)c1cccc(Cl)c1. The number of ether oxygens (including phenoxy) is 1. The maximum atomic E-state index is 5.88. The minimum atomic E-state index is 0.101. The van der Waals surface area contributed by atoms with Gasteiger partial charge in [-0.25, -0.2) is 0 Å². The van der Waals surface area contributed by atoms with Crippen molar-refractivity contribution in [2.45, 2.75) is 13.0 Å². The molecule has 13 heavy (non-hydrogen) atoms. The van der Waals surface area contributed by atoms with E-state index in [1.165, 1.54) is 0 Å². The second-order valence-electron chi connectivity index (χ2n) is 2.65. The molecule has 0 amide bonds. The number of alkyl halides is 1. The number of hydrogen-bond acceptors (Lipinski definition) is 1. The highest BCUT2D eigenvalue weighted by Crippen LogP contribution is 2.22. The first-order chi connectivity index (χ1) is 6.27. The van der Waals surface area contributed by atoms with Crippen molar-refractivity contribution < 1.29 is 4.74 Å². The lowest BCUT2D eigenvalue weighted by atomic mass is 10.1. The Hall–Kier alpha value is -0.0500. The van der Waals surface area contributed by atoms with Crippen LogP contribution in [0.2, 0.25) is 5.02 Å². The maximum absolute atomic E-state index is 5.88. The molecule has 0 saturated carbocycles. The second-order valence-corrected chi connectivity index (χ2v) is 3.74. The van der Waals surface area contributed by atoms with Crippen molar-refractivity contribution in [1.29, 1.82) is 0 Å². The van der Waals surface area contributed by atoms with Gasteiger partial charge in [0.05, 0.1) is 6.10 Å². The van der Waals surface area contributed by atoms with Gasteiger partial charge in [-0.2, -0.15) is 0 Å². The monoisotopic (exact) mass is 262 g/mol. The van der Waals surface area contributed by atoms with E-state index in [4.69, 9.17) is 16.3 Å². The topological polar surface area (TPSA) is 9.23 Å². The third kappa shape index (κ3) is 3.29. The van der Waals surface area contributed by atoms with Crippen LogP contribution in [0.4, 0.5) is 0 Å². The Morgan fingerprint density at radius 2 is 2.31 bits per heavy atom. The fourth-order valence-corrected chi connectivity index (χ4v) is 1.90. The van der Waals surface area contributed by atoms with E-state index in [-0.39, 0.29) is 6.10 Å². The highest BCUT2D eigenvalue weighted by molar-refractivity contribution is 9.09. The molecule has 72 valence electrons. The molecule has 0 spiro atoms. The first-order valence-corrected chi connectivity index (χ1v) is 5.71. The quantitative estimate of drug-likeness (QED) is 0.751. The minimum absolute atomic E-state index is 0.101. The lowest BCUT2D eigenvalue weighted by Crippen LogP contribution is -2.05. The van der Waals surface area contributed by atoms with Gasteiger partial charge in [-0.1, -0.05) is 39.7 Å². The van der Waals surface area contributed by atoms with Crippen molar-refractivity contribution in [3.8, 4) is 0 Å². The first kappa shape index (κ1) is 11.0. The summed E-state index contributed by atoms with van der Waals surface area (Å²) in [5, 5.41) is 1.55. The van der Waals surface area contributed by atoms with Crippen LogP contribution < -0.4 is 0 Å². The standard InChI is InChI=1S/C10H12BrClO/c1-2-13-10(7-11)8-4-3-5-9(12)6-8/h3-6,10H,2,7H2,1H3. The molecule has 1 nitrogen and oxygen atoms in total. The minimum Gasteiger partial charge on any atom is -0.373 e. The first-order valence-electron chi connectivity index (χ1n) is 4.21. The van der Waals surface area contributed by atoms with Crippen LogP contribution in [0.3, 0.4) is 0 Å². The average molecular weight is 264 g/mol. The van der Waals surface area contributed by atoms with E-state index in [0.717, 1.165) is 15.9 Å². The number of rotatable bonds is 4. The third-order valence-electron chi connectivity index (χ3n) is 1.73. The van der Waals surface area contributed by atoms with E-state index in [0.29, 0.717) is 6.61 Å². The molecule has 0 aliphatic heterocycles. The van der Waals surface area contributed by atoms with E-state index in [2.05, 4.69) is 15.9 Å². The van der Waals surface area contributed by atoms with Gasteiger partial charge in [0.25, 0.3) is 0 Å². The van der Waals surface area contributed by atoms with Crippen molar-refractivity contribution in [3.63, 3.8) is 0 Å². The zero-order valence-corrected chi connectivity index (χ0v) is 9.81. The van der Waals surface area contributed by atoms with Gasteiger partial charge in [-0.3, -0.25) is 0 Å². The van der Waals surface area contributed by atoms with Gasteiger partial charge in [0, 0.05) is 17.0 Å². The molecule has 0 heterocycles. The van der Waals surface area contributed by atoms with E-state index >= 15 is 0 Å². The van der Waals surface area contributed by atoms with Gasteiger partial charge in [0.1, 0.15) is 0 Å². The Labute approximate surface area is 92.2 Å². The van der Waals surface area contributed by atoms with Crippen molar-refractivity contribution in [2.75, 3.05) is 11.9 Å². The van der Waals surface area contributed by atoms with Gasteiger partial charge in [-0.05, 0) is 24.6 Å². The number of hydrogen-bond donors (Lipinski definition) is 0. The predicted molar refractivity (Wildman–Crippen MR) is 59.6 cm³/mol. The molecule has 1 aromatic rings. The molecule has 0 aromatic heterocycles. The van der Waals surface area contributed by atoms with Crippen LogP contribution in [0.25, 0.3) is 0 Å². The molecule has 0 radical (unpaired) electrons. The smallest absolute Gasteiger partial charge is 0.0921 e. The summed E-state index contributed by atoms with van der Waals surface area (Å²) in [6.07, 6.45) is 0.101. The summed E-state index contributed by atoms with van der Waals surface area (Å²) in [5.41, 5.74) is 1.12. The summed E-state index contributed by atoms with van der Waals surface area (Å²) < 4.78 is 5.53. The fraction of sp³-hybridized carbons (Fsp3) is 0.400. The zero-order valence-electron chi connectivity index (χ0n) is 7.47. The van der Waals surface area contributed by atoms with Crippen LogP contribution in [0.1, 0.15) is 18.6 Å². The average Bonchev–Trinajstić information content (AvgIpc) is 2.14. The van der Waals surface area contributed by atoms with E-state index in [1.807, 2.05) is 31.2 Å². The third-order valence-corrected chi connectivity index (χ3v) is 2.55. The predicted octanol–water partition coefficient (Wildman–Crippen LogP) is 3.81. The Balaban J connectivity index is 2.78.